The molecule has 5 nitrogen and oxygen atoms in total. The molecule has 0 fully saturated rings. The first-order valence-corrected chi connectivity index (χ1v) is 12.5. The van der Waals surface area contributed by atoms with E-state index in [1.165, 1.54) is 17.0 Å². The summed E-state index contributed by atoms with van der Waals surface area (Å²) in [5.41, 5.74) is 4.26. The van der Waals surface area contributed by atoms with E-state index in [0.29, 0.717) is 11.3 Å². The monoisotopic (exact) mass is 461 g/mol. The third kappa shape index (κ3) is 4.07. The van der Waals surface area contributed by atoms with Gasteiger partial charge in [0, 0.05) is 5.69 Å². The molecule has 1 atom stereocenters. The standard InChI is InChI=1S/C27H27NO4S/c1-4-19-8-12-21(13-9-19)24-26(33(31,32)23-16-6-18(3)7-17-23)25(29)27(30)28(24)22-14-10-20(5-2)11-15-22/h6-17,24,29H,4-5H2,1-3H3/t24-/m1/s1. The molecule has 170 valence electrons. The maximum absolute atomic E-state index is 13.7. The van der Waals surface area contributed by atoms with Gasteiger partial charge >= 0.3 is 0 Å². The molecule has 0 radical (unpaired) electrons. The zero-order valence-corrected chi connectivity index (χ0v) is 19.8. The second kappa shape index (κ2) is 8.87. The van der Waals surface area contributed by atoms with Crippen LogP contribution in [0, 0.1) is 6.92 Å². The number of hydrogen-bond acceptors (Lipinski definition) is 4. The van der Waals surface area contributed by atoms with Gasteiger partial charge in [-0.05, 0) is 60.7 Å². The molecule has 0 bridgehead atoms. The molecule has 0 aliphatic carbocycles. The molecule has 0 saturated carbocycles. The van der Waals surface area contributed by atoms with E-state index in [9.17, 15) is 18.3 Å². The van der Waals surface area contributed by atoms with Gasteiger partial charge in [-0.15, -0.1) is 0 Å². The summed E-state index contributed by atoms with van der Waals surface area (Å²) in [7, 11) is -4.14. The van der Waals surface area contributed by atoms with Crippen LogP contribution in [0.25, 0.3) is 0 Å². The Hall–Kier alpha value is -3.38. The molecule has 3 aromatic rings. The maximum Gasteiger partial charge on any atom is 0.295 e. The number of rotatable bonds is 6. The molecule has 4 rings (SSSR count). The first kappa shape index (κ1) is 22.8. The van der Waals surface area contributed by atoms with Crippen LogP contribution in [0.4, 0.5) is 5.69 Å². The highest BCUT2D eigenvalue weighted by Crippen LogP contribution is 2.44. The van der Waals surface area contributed by atoms with Crippen LogP contribution in [-0.2, 0) is 27.5 Å². The smallest absolute Gasteiger partial charge is 0.295 e. The van der Waals surface area contributed by atoms with Crippen molar-refractivity contribution in [2.45, 2.75) is 44.6 Å². The Bertz CT molecular complexity index is 1310. The lowest BCUT2D eigenvalue weighted by molar-refractivity contribution is -0.117. The number of amides is 1. The molecule has 0 spiro atoms. The summed E-state index contributed by atoms with van der Waals surface area (Å²) < 4.78 is 27.4. The molecule has 1 N–H and O–H groups in total. The van der Waals surface area contributed by atoms with Crippen molar-refractivity contribution in [3.63, 3.8) is 0 Å². The molecule has 0 aromatic heterocycles. The van der Waals surface area contributed by atoms with E-state index < -0.39 is 27.5 Å². The van der Waals surface area contributed by atoms with E-state index in [-0.39, 0.29) is 9.80 Å². The molecule has 0 unspecified atom stereocenters. The third-order valence-corrected chi connectivity index (χ3v) is 8.00. The molecule has 6 heteroatoms. The van der Waals surface area contributed by atoms with Gasteiger partial charge in [0.1, 0.15) is 10.9 Å². The Morgan fingerprint density at radius 2 is 1.33 bits per heavy atom. The zero-order chi connectivity index (χ0) is 23.8. The van der Waals surface area contributed by atoms with Crippen molar-refractivity contribution in [1.82, 2.24) is 0 Å². The van der Waals surface area contributed by atoms with Gasteiger partial charge in [-0.2, -0.15) is 0 Å². The molecule has 0 saturated heterocycles. The summed E-state index contributed by atoms with van der Waals surface area (Å²) in [5.74, 6) is -1.46. The van der Waals surface area contributed by atoms with Gasteiger partial charge in [0.05, 0.1) is 4.90 Å². The van der Waals surface area contributed by atoms with Crippen LogP contribution >= 0.6 is 0 Å². The van der Waals surface area contributed by atoms with Gasteiger partial charge < -0.3 is 5.11 Å². The van der Waals surface area contributed by atoms with Crippen molar-refractivity contribution < 1.29 is 18.3 Å². The van der Waals surface area contributed by atoms with Crippen LogP contribution in [0.15, 0.2) is 88.4 Å². The fourth-order valence-electron chi connectivity index (χ4n) is 4.10. The number of hydrogen-bond donors (Lipinski definition) is 1. The summed E-state index contributed by atoms with van der Waals surface area (Å²) >= 11 is 0. The average Bonchev–Trinajstić information content (AvgIpc) is 3.10. The van der Waals surface area contributed by atoms with E-state index in [0.717, 1.165) is 29.5 Å². The van der Waals surface area contributed by atoms with Gasteiger partial charge in [0.15, 0.2) is 5.76 Å². The Morgan fingerprint density at radius 3 is 1.85 bits per heavy atom. The summed E-state index contributed by atoms with van der Waals surface area (Å²) in [6, 6.07) is 20.3. The summed E-state index contributed by atoms with van der Waals surface area (Å²) in [6.07, 6.45) is 1.67. The largest absolute Gasteiger partial charge is 0.502 e. The van der Waals surface area contributed by atoms with Crippen LogP contribution in [0.5, 0.6) is 0 Å². The third-order valence-electron chi connectivity index (χ3n) is 6.11. The minimum Gasteiger partial charge on any atom is -0.502 e. The van der Waals surface area contributed by atoms with E-state index >= 15 is 0 Å². The number of sulfone groups is 1. The zero-order valence-electron chi connectivity index (χ0n) is 18.9. The van der Waals surface area contributed by atoms with E-state index in [1.54, 1.807) is 24.3 Å². The molecule has 1 heterocycles. The number of nitrogens with zero attached hydrogens (tertiary/aromatic N) is 1. The lowest BCUT2D eigenvalue weighted by atomic mass is 10.0. The SMILES string of the molecule is CCc1ccc([C@@H]2C(S(=O)(=O)c3ccc(C)cc3)=C(O)C(=O)N2c2ccc(CC)cc2)cc1. The van der Waals surface area contributed by atoms with Crippen molar-refractivity contribution >= 4 is 21.4 Å². The van der Waals surface area contributed by atoms with E-state index in [2.05, 4.69) is 0 Å². The first-order valence-electron chi connectivity index (χ1n) is 11.0. The summed E-state index contributed by atoms with van der Waals surface area (Å²) in [5, 5.41) is 10.9. The predicted octanol–water partition coefficient (Wildman–Crippen LogP) is 5.45. The number of aliphatic hydroxyl groups is 1. The second-order valence-corrected chi connectivity index (χ2v) is 10.1. The average molecular weight is 462 g/mol. The molecule has 1 aliphatic heterocycles. The number of carbonyl (C=O) groups excluding carboxylic acids is 1. The number of anilines is 1. The molecule has 1 amide bonds. The lowest BCUT2D eigenvalue weighted by Gasteiger charge is -2.27. The molecular weight excluding hydrogens is 434 g/mol. The molecule has 1 aliphatic rings. The van der Waals surface area contributed by atoms with Crippen LogP contribution < -0.4 is 4.90 Å². The fourth-order valence-corrected chi connectivity index (χ4v) is 5.72. The van der Waals surface area contributed by atoms with Crippen LogP contribution in [0.1, 0.15) is 42.1 Å². The van der Waals surface area contributed by atoms with Crippen molar-refractivity contribution in [1.29, 1.82) is 0 Å². The highest BCUT2D eigenvalue weighted by Gasteiger charge is 2.47. The fraction of sp³-hybridized carbons (Fsp3) is 0.222. The van der Waals surface area contributed by atoms with Crippen LogP contribution in [0.3, 0.4) is 0 Å². The first-order chi connectivity index (χ1) is 15.8. The van der Waals surface area contributed by atoms with Crippen molar-refractivity contribution in [2.75, 3.05) is 4.90 Å². The van der Waals surface area contributed by atoms with Crippen LogP contribution in [-0.4, -0.2) is 19.4 Å². The number of benzene rings is 3. The van der Waals surface area contributed by atoms with Gasteiger partial charge in [0.25, 0.3) is 5.91 Å². The lowest BCUT2D eigenvalue weighted by Crippen LogP contribution is -2.31. The van der Waals surface area contributed by atoms with Crippen LogP contribution in [0.2, 0.25) is 0 Å². The molecule has 3 aromatic carbocycles. The number of aryl methyl sites for hydroxylation is 3. The van der Waals surface area contributed by atoms with Gasteiger partial charge in [-0.25, -0.2) is 8.42 Å². The van der Waals surface area contributed by atoms with Crippen molar-refractivity contribution in [3.05, 3.63) is 106 Å². The molecule has 33 heavy (non-hydrogen) atoms. The Labute approximate surface area is 194 Å². The van der Waals surface area contributed by atoms with Gasteiger partial charge in [0.2, 0.25) is 9.84 Å². The Morgan fingerprint density at radius 1 is 0.818 bits per heavy atom. The number of aliphatic hydroxyl groups excluding tert-OH is 1. The predicted molar refractivity (Wildman–Crippen MR) is 130 cm³/mol. The highest BCUT2D eigenvalue weighted by molar-refractivity contribution is 7.95. The number of carbonyl (C=O) groups is 1. The summed E-state index contributed by atoms with van der Waals surface area (Å²) in [4.78, 5) is 14.4. The quantitative estimate of drug-likeness (QED) is 0.530. The minimum absolute atomic E-state index is 0.0424. The Balaban J connectivity index is 1.90. The Kier molecular flexibility index (Phi) is 6.13. The normalized spacial score (nSPS) is 16.5. The maximum atomic E-state index is 13.7. The summed E-state index contributed by atoms with van der Waals surface area (Å²) in [6.45, 7) is 5.94. The topological polar surface area (TPSA) is 74.7 Å². The van der Waals surface area contributed by atoms with Gasteiger partial charge in [-0.1, -0.05) is 67.9 Å². The minimum atomic E-state index is -4.14. The van der Waals surface area contributed by atoms with Crippen molar-refractivity contribution in [2.24, 2.45) is 0 Å². The van der Waals surface area contributed by atoms with Crippen molar-refractivity contribution in [3.8, 4) is 0 Å². The van der Waals surface area contributed by atoms with Gasteiger partial charge in [-0.3, -0.25) is 9.69 Å². The molecular formula is C27H27NO4S. The second-order valence-electron chi connectivity index (χ2n) is 8.22. The van der Waals surface area contributed by atoms with E-state index in [1.807, 2.05) is 57.2 Å². The highest BCUT2D eigenvalue weighted by atomic mass is 32.2. The van der Waals surface area contributed by atoms with E-state index in [4.69, 9.17) is 0 Å².